The van der Waals surface area contributed by atoms with Crippen LogP contribution in [0.15, 0.2) is 0 Å². The maximum atomic E-state index is 5.91. The molecule has 0 spiro atoms. The van der Waals surface area contributed by atoms with E-state index < -0.39 is 0 Å². The Balaban J connectivity index is 2.86. The van der Waals surface area contributed by atoms with Crippen molar-refractivity contribution in [2.24, 2.45) is 22.0 Å². The summed E-state index contributed by atoms with van der Waals surface area (Å²) in [7, 11) is 0. The molecule has 0 amide bonds. The van der Waals surface area contributed by atoms with E-state index in [0.717, 1.165) is 6.54 Å². The van der Waals surface area contributed by atoms with E-state index in [9.17, 15) is 0 Å². The third-order valence-corrected chi connectivity index (χ3v) is 4.44. The lowest BCUT2D eigenvalue weighted by Crippen LogP contribution is -2.35. The van der Waals surface area contributed by atoms with E-state index in [4.69, 9.17) is 5.73 Å². The highest BCUT2D eigenvalue weighted by atomic mass is 14.8. The quantitative estimate of drug-likeness (QED) is 0.690. The van der Waals surface area contributed by atoms with Crippen LogP contribution in [0, 0.1) is 16.2 Å². The highest BCUT2D eigenvalue weighted by Crippen LogP contribution is 2.71. The molecular weight excluding hydrogens is 146 g/mol. The zero-order valence-corrected chi connectivity index (χ0v) is 9.20. The van der Waals surface area contributed by atoms with E-state index in [2.05, 4.69) is 34.6 Å². The molecule has 12 heavy (non-hydrogen) atoms. The SMILES string of the molecule is CCC(C)(C)C1(CN)CC1(C)C. The van der Waals surface area contributed by atoms with E-state index >= 15 is 0 Å². The first-order valence-corrected chi connectivity index (χ1v) is 5.03. The van der Waals surface area contributed by atoms with Crippen molar-refractivity contribution in [2.75, 3.05) is 6.54 Å². The summed E-state index contributed by atoms with van der Waals surface area (Å²) in [6, 6.07) is 0. The Morgan fingerprint density at radius 1 is 1.33 bits per heavy atom. The van der Waals surface area contributed by atoms with Gasteiger partial charge in [0, 0.05) is 0 Å². The summed E-state index contributed by atoms with van der Waals surface area (Å²) >= 11 is 0. The molecule has 0 heterocycles. The Morgan fingerprint density at radius 2 is 1.75 bits per heavy atom. The minimum Gasteiger partial charge on any atom is -0.330 e. The largest absolute Gasteiger partial charge is 0.330 e. The lowest BCUT2D eigenvalue weighted by molar-refractivity contribution is 0.142. The van der Waals surface area contributed by atoms with Crippen LogP contribution in [0.1, 0.15) is 47.5 Å². The first kappa shape index (κ1) is 10.0. The fourth-order valence-corrected chi connectivity index (χ4v) is 2.83. The topological polar surface area (TPSA) is 26.0 Å². The van der Waals surface area contributed by atoms with Gasteiger partial charge in [0.05, 0.1) is 0 Å². The second-order valence-corrected chi connectivity index (χ2v) is 5.58. The molecule has 0 aromatic carbocycles. The van der Waals surface area contributed by atoms with Crippen LogP contribution in [0.3, 0.4) is 0 Å². The van der Waals surface area contributed by atoms with E-state index in [1.54, 1.807) is 0 Å². The number of nitrogens with two attached hydrogens (primary N) is 1. The highest BCUT2D eigenvalue weighted by molar-refractivity contribution is 5.16. The van der Waals surface area contributed by atoms with Gasteiger partial charge < -0.3 is 5.73 Å². The van der Waals surface area contributed by atoms with Gasteiger partial charge in [0.25, 0.3) is 0 Å². The molecule has 1 unspecified atom stereocenters. The van der Waals surface area contributed by atoms with Crippen LogP contribution in [0.2, 0.25) is 0 Å². The number of rotatable bonds is 3. The predicted octanol–water partition coefficient (Wildman–Crippen LogP) is 2.80. The first-order valence-electron chi connectivity index (χ1n) is 5.03. The highest BCUT2D eigenvalue weighted by Gasteiger charge is 2.66. The maximum absolute atomic E-state index is 5.91. The van der Waals surface area contributed by atoms with E-state index in [-0.39, 0.29) is 0 Å². The minimum atomic E-state index is 0.408. The summed E-state index contributed by atoms with van der Waals surface area (Å²) in [4.78, 5) is 0. The molecule has 1 nitrogen and oxygen atoms in total. The van der Waals surface area contributed by atoms with E-state index in [0.29, 0.717) is 16.2 Å². The molecule has 1 fully saturated rings. The molecule has 2 N–H and O–H groups in total. The second kappa shape index (κ2) is 2.47. The van der Waals surface area contributed by atoms with Crippen LogP contribution in [0.25, 0.3) is 0 Å². The zero-order chi connectivity index (χ0) is 9.62. The fraction of sp³-hybridized carbons (Fsp3) is 1.00. The average Bonchev–Trinajstić information content (AvgIpc) is 2.55. The van der Waals surface area contributed by atoms with Gasteiger partial charge in [-0.2, -0.15) is 0 Å². The summed E-state index contributed by atoms with van der Waals surface area (Å²) in [6.07, 6.45) is 2.53. The molecule has 0 aromatic rings. The number of hydrogen-bond acceptors (Lipinski definition) is 1. The predicted molar refractivity (Wildman–Crippen MR) is 54.0 cm³/mol. The van der Waals surface area contributed by atoms with Crippen LogP contribution < -0.4 is 5.73 Å². The summed E-state index contributed by atoms with van der Waals surface area (Å²) in [6.45, 7) is 12.5. The maximum Gasteiger partial charge on any atom is -0.00101 e. The van der Waals surface area contributed by atoms with Crippen molar-refractivity contribution in [1.82, 2.24) is 0 Å². The molecule has 1 rings (SSSR count). The Labute approximate surface area is 76.7 Å². The van der Waals surface area contributed by atoms with Gasteiger partial charge >= 0.3 is 0 Å². The van der Waals surface area contributed by atoms with Gasteiger partial charge in [-0.3, -0.25) is 0 Å². The van der Waals surface area contributed by atoms with E-state index in [1.807, 2.05) is 0 Å². The standard InChI is InChI=1S/C11H23N/c1-6-9(2,3)11(8-12)7-10(11,4)5/h6-8,12H2,1-5H3. The summed E-state index contributed by atoms with van der Waals surface area (Å²) < 4.78 is 0. The van der Waals surface area contributed by atoms with Crippen molar-refractivity contribution in [3.63, 3.8) is 0 Å². The molecule has 1 saturated carbocycles. The van der Waals surface area contributed by atoms with Crippen molar-refractivity contribution in [3.05, 3.63) is 0 Å². The Bertz CT molecular complexity index is 181. The molecule has 1 aliphatic rings. The minimum absolute atomic E-state index is 0.408. The molecule has 0 saturated heterocycles. The van der Waals surface area contributed by atoms with Crippen molar-refractivity contribution < 1.29 is 0 Å². The summed E-state index contributed by atoms with van der Waals surface area (Å²) in [5, 5.41) is 0. The first-order chi connectivity index (χ1) is 5.33. The van der Waals surface area contributed by atoms with Crippen molar-refractivity contribution in [2.45, 2.75) is 47.5 Å². The Kier molecular flexibility index (Phi) is 2.07. The smallest absolute Gasteiger partial charge is 0.00101 e. The molecular formula is C11H23N. The van der Waals surface area contributed by atoms with Crippen molar-refractivity contribution in [1.29, 1.82) is 0 Å². The van der Waals surface area contributed by atoms with Crippen LogP contribution in [-0.2, 0) is 0 Å². The molecule has 0 radical (unpaired) electrons. The van der Waals surface area contributed by atoms with Gasteiger partial charge in [0.15, 0.2) is 0 Å². The second-order valence-electron chi connectivity index (χ2n) is 5.58. The average molecular weight is 169 g/mol. The lowest BCUT2D eigenvalue weighted by Gasteiger charge is -2.36. The molecule has 1 atom stereocenters. The van der Waals surface area contributed by atoms with Gasteiger partial charge in [-0.05, 0) is 29.2 Å². The van der Waals surface area contributed by atoms with E-state index in [1.165, 1.54) is 12.8 Å². The zero-order valence-electron chi connectivity index (χ0n) is 9.20. The van der Waals surface area contributed by atoms with Gasteiger partial charge in [0.1, 0.15) is 0 Å². The molecule has 0 aliphatic heterocycles. The van der Waals surface area contributed by atoms with Gasteiger partial charge in [0.2, 0.25) is 0 Å². The molecule has 0 aromatic heterocycles. The number of hydrogen-bond donors (Lipinski definition) is 1. The molecule has 1 heteroatoms. The molecule has 0 bridgehead atoms. The van der Waals surface area contributed by atoms with Gasteiger partial charge in [-0.25, -0.2) is 0 Å². The normalized spacial score (nSPS) is 33.5. The third-order valence-electron chi connectivity index (χ3n) is 4.44. The van der Waals surface area contributed by atoms with Crippen molar-refractivity contribution >= 4 is 0 Å². The summed E-state index contributed by atoms with van der Waals surface area (Å²) in [5.41, 5.74) is 7.20. The summed E-state index contributed by atoms with van der Waals surface area (Å²) in [5.74, 6) is 0. The van der Waals surface area contributed by atoms with Crippen LogP contribution in [0.4, 0.5) is 0 Å². The lowest BCUT2D eigenvalue weighted by atomic mass is 9.70. The Morgan fingerprint density at radius 3 is 1.83 bits per heavy atom. The van der Waals surface area contributed by atoms with Crippen molar-refractivity contribution in [3.8, 4) is 0 Å². The van der Waals surface area contributed by atoms with Gasteiger partial charge in [-0.15, -0.1) is 0 Å². The van der Waals surface area contributed by atoms with Gasteiger partial charge in [-0.1, -0.05) is 41.0 Å². The van der Waals surface area contributed by atoms with Crippen LogP contribution >= 0.6 is 0 Å². The Hall–Kier alpha value is -0.0400. The molecule has 72 valence electrons. The monoisotopic (exact) mass is 169 g/mol. The van der Waals surface area contributed by atoms with Crippen LogP contribution in [-0.4, -0.2) is 6.54 Å². The fourth-order valence-electron chi connectivity index (χ4n) is 2.83. The van der Waals surface area contributed by atoms with Crippen LogP contribution in [0.5, 0.6) is 0 Å². The third kappa shape index (κ3) is 1.02. The molecule has 1 aliphatic carbocycles.